The Balaban J connectivity index is 0.00000264. The molecule has 0 saturated heterocycles. The van der Waals surface area contributed by atoms with Gasteiger partial charge in [0.1, 0.15) is 0 Å². The van der Waals surface area contributed by atoms with Crippen LogP contribution in [0.4, 0.5) is 0 Å². The summed E-state index contributed by atoms with van der Waals surface area (Å²) in [5.74, 6) is -1.18. The fourth-order valence-electron chi connectivity index (χ4n) is 1.92. The Morgan fingerprint density at radius 3 is 2.39 bits per heavy atom. The number of hydrogen-bond acceptors (Lipinski definition) is 3. The van der Waals surface area contributed by atoms with Gasteiger partial charge in [-0.3, -0.25) is 4.99 Å². The number of aliphatic carboxylic acids is 1. The van der Waals surface area contributed by atoms with Crippen LogP contribution in [-0.2, 0) is 11.2 Å². The number of aliphatic imine (C=N–C) groups is 1. The minimum atomic E-state index is -1.18. The van der Waals surface area contributed by atoms with Crippen molar-refractivity contribution in [2.45, 2.75) is 12.5 Å². The maximum absolute atomic E-state index is 11.1. The molecular weight excluding hydrogens is 337 g/mol. The second kappa shape index (κ2) is 10.9. The largest absolute Gasteiger partial charge is 1.00 e. The van der Waals surface area contributed by atoms with Gasteiger partial charge in [0.15, 0.2) is 0 Å². The average molecular weight is 352 g/mol. The van der Waals surface area contributed by atoms with Gasteiger partial charge in [0, 0.05) is 17.7 Å². The summed E-state index contributed by atoms with van der Waals surface area (Å²) in [4.78, 5) is 15.2. The van der Waals surface area contributed by atoms with Crippen molar-refractivity contribution in [2.75, 3.05) is 0 Å². The number of carboxylic acid groups (broad SMARTS) is 1. The Kier molecular flexibility index (Phi) is 9.63. The van der Waals surface area contributed by atoms with Crippen molar-refractivity contribution in [2.24, 2.45) is 4.99 Å². The fourth-order valence-corrected chi connectivity index (χ4v) is 2.04. The van der Waals surface area contributed by atoms with Crippen LogP contribution in [-0.4, -0.2) is 18.2 Å². The Hall–Kier alpha value is -0.754. The van der Waals surface area contributed by atoms with Crippen LogP contribution in [0.1, 0.15) is 11.1 Å². The smallest absolute Gasteiger partial charge is 0.548 e. The molecule has 23 heavy (non-hydrogen) atoms. The van der Waals surface area contributed by atoms with Crippen LogP contribution >= 0.6 is 11.6 Å². The van der Waals surface area contributed by atoms with E-state index in [2.05, 4.69) is 4.99 Å². The molecule has 0 amide bonds. The van der Waals surface area contributed by atoms with Gasteiger partial charge in [-0.05, 0) is 29.3 Å². The molecule has 0 aromatic heterocycles. The molecule has 0 aliphatic rings. The summed E-state index contributed by atoms with van der Waals surface area (Å²) in [6, 6.07) is 15.8. The quantitative estimate of drug-likeness (QED) is 0.534. The number of halogens is 1. The average Bonchev–Trinajstić information content (AvgIpc) is 2.53. The van der Waals surface area contributed by atoms with Gasteiger partial charge < -0.3 is 9.90 Å². The Morgan fingerprint density at radius 1 is 1.13 bits per heavy atom. The topological polar surface area (TPSA) is 52.5 Å². The summed E-state index contributed by atoms with van der Waals surface area (Å²) in [5, 5.41) is 11.8. The van der Waals surface area contributed by atoms with Crippen LogP contribution in [0.2, 0.25) is 5.02 Å². The van der Waals surface area contributed by atoms with E-state index in [0.717, 1.165) is 11.1 Å². The van der Waals surface area contributed by atoms with Crippen molar-refractivity contribution in [3.8, 4) is 0 Å². The number of carboxylic acids is 1. The number of carbonyl (C=O) groups excluding carboxylic acids is 1. The molecule has 0 N–H and O–H groups in total. The first-order valence-corrected chi connectivity index (χ1v) is 7.23. The Morgan fingerprint density at radius 2 is 1.78 bits per heavy atom. The molecule has 0 bridgehead atoms. The van der Waals surface area contributed by atoms with Crippen molar-refractivity contribution in [1.82, 2.24) is 0 Å². The summed E-state index contributed by atoms with van der Waals surface area (Å²) >= 11 is 5.80. The van der Waals surface area contributed by atoms with Crippen molar-refractivity contribution in [3.63, 3.8) is 0 Å². The summed E-state index contributed by atoms with van der Waals surface area (Å²) in [5.41, 5.74) is 1.87. The Labute approximate surface area is 183 Å². The van der Waals surface area contributed by atoms with E-state index in [0.29, 0.717) is 11.4 Å². The first kappa shape index (κ1) is 20.3. The van der Waals surface area contributed by atoms with Crippen molar-refractivity contribution < 1.29 is 61.3 Å². The van der Waals surface area contributed by atoms with Gasteiger partial charge in [0.05, 0.1) is 12.0 Å². The number of nitrogens with zero attached hydrogens (tertiary/aromatic N) is 1. The minimum absolute atomic E-state index is 0. The van der Waals surface area contributed by atoms with Crippen molar-refractivity contribution >= 4 is 29.9 Å². The fraction of sp³-hybridized carbons (Fsp3) is 0.111. The van der Waals surface area contributed by atoms with E-state index in [-0.39, 0.29) is 51.4 Å². The van der Waals surface area contributed by atoms with E-state index in [9.17, 15) is 9.90 Å². The van der Waals surface area contributed by atoms with E-state index in [4.69, 9.17) is 11.6 Å². The van der Waals surface area contributed by atoms with E-state index >= 15 is 0 Å². The van der Waals surface area contributed by atoms with Gasteiger partial charge >= 0.3 is 51.4 Å². The molecule has 5 heteroatoms. The molecule has 0 aliphatic heterocycles. The molecule has 1 atom stereocenters. The number of carbonyl (C=O) groups is 1. The molecular formula is C18H15ClKNO2. The third-order valence-electron chi connectivity index (χ3n) is 3.05. The van der Waals surface area contributed by atoms with Crippen molar-refractivity contribution in [3.05, 3.63) is 76.8 Å². The standard InChI is InChI=1S/C18H16ClNO2.K/c19-16-10-8-14(9-11-16)7-4-12-20-17(18(21)22)13-15-5-2-1-3-6-15;/h1-12,17H,13H2,(H,21,22);/q;+1/p-1/b7-4+,20-12?;/t17-;/m0./s1. The minimum Gasteiger partial charge on any atom is -0.548 e. The molecule has 0 spiro atoms. The van der Waals surface area contributed by atoms with Crippen LogP contribution in [0, 0.1) is 0 Å². The molecule has 0 heterocycles. The zero-order valence-corrected chi connectivity index (χ0v) is 16.7. The molecule has 2 aromatic rings. The van der Waals surface area contributed by atoms with Gasteiger partial charge in [0.2, 0.25) is 0 Å². The van der Waals surface area contributed by atoms with Crippen molar-refractivity contribution in [1.29, 1.82) is 0 Å². The Bertz CT molecular complexity index is 669. The van der Waals surface area contributed by atoms with Gasteiger partial charge in [0.25, 0.3) is 0 Å². The first-order valence-electron chi connectivity index (χ1n) is 6.85. The second-order valence-corrected chi connectivity index (χ2v) is 5.17. The molecule has 0 unspecified atom stereocenters. The molecule has 2 rings (SSSR count). The van der Waals surface area contributed by atoms with E-state index < -0.39 is 12.0 Å². The summed E-state index contributed by atoms with van der Waals surface area (Å²) in [6.07, 6.45) is 5.32. The third-order valence-corrected chi connectivity index (χ3v) is 3.31. The van der Waals surface area contributed by atoms with Crippen LogP contribution in [0.25, 0.3) is 6.08 Å². The third kappa shape index (κ3) is 7.57. The van der Waals surface area contributed by atoms with Crippen LogP contribution in [0.3, 0.4) is 0 Å². The SMILES string of the molecule is O=C([O-])[C@H](Cc1ccccc1)N=C/C=C/c1ccc(Cl)cc1.[K+]. The monoisotopic (exact) mass is 351 g/mol. The molecule has 3 nitrogen and oxygen atoms in total. The molecule has 0 saturated carbocycles. The molecule has 0 aliphatic carbocycles. The number of benzene rings is 2. The van der Waals surface area contributed by atoms with E-state index in [1.807, 2.05) is 48.5 Å². The number of allylic oxidation sites excluding steroid dienone is 1. The first-order chi connectivity index (χ1) is 10.6. The predicted molar refractivity (Wildman–Crippen MR) is 87.9 cm³/mol. The number of rotatable bonds is 6. The summed E-state index contributed by atoms with van der Waals surface area (Å²) in [6.45, 7) is 0. The van der Waals surface area contributed by atoms with Gasteiger partial charge in [-0.2, -0.15) is 0 Å². The zero-order chi connectivity index (χ0) is 15.8. The predicted octanol–water partition coefficient (Wildman–Crippen LogP) is -0.211. The van der Waals surface area contributed by atoms with Gasteiger partial charge in [-0.1, -0.05) is 60.1 Å². The van der Waals surface area contributed by atoms with E-state index in [1.54, 1.807) is 18.2 Å². The molecule has 2 aromatic carbocycles. The van der Waals surface area contributed by atoms with Crippen LogP contribution in [0.15, 0.2) is 65.7 Å². The maximum atomic E-state index is 11.1. The molecule has 0 radical (unpaired) electrons. The van der Waals surface area contributed by atoms with Gasteiger partial charge in [-0.25, -0.2) is 0 Å². The van der Waals surface area contributed by atoms with Crippen LogP contribution in [0.5, 0.6) is 0 Å². The maximum Gasteiger partial charge on any atom is 1.00 e. The summed E-state index contributed by atoms with van der Waals surface area (Å²) in [7, 11) is 0. The van der Waals surface area contributed by atoms with E-state index in [1.165, 1.54) is 6.21 Å². The van der Waals surface area contributed by atoms with Crippen LogP contribution < -0.4 is 56.5 Å². The molecule has 0 fully saturated rings. The normalized spacial score (nSPS) is 12.2. The summed E-state index contributed by atoms with van der Waals surface area (Å²) < 4.78 is 0. The second-order valence-electron chi connectivity index (χ2n) is 4.73. The van der Waals surface area contributed by atoms with Gasteiger partial charge in [-0.15, -0.1) is 0 Å². The zero-order valence-electron chi connectivity index (χ0n) is 12.9. The molecule has 112 valence electrons. The number of hydrogen-bond donors (Lipinski definition) is 0.